The topological polar surface area (TPSA) is 92.3 Å². The molecule has 1 saturated carbocycles. The van der Waals surface area contributed by atoms with Gasteiger partial charge in [-0.25, -0.2) is 8.42 Å². The number of carbonyl (C=O) groups excluding carboxylic acids is 2. The van der Waals surface area contributed by atoms with Crippen LogP contribution in [-0.4, -0.2) is 31.5 Å². The van der Waals surface area contributed by atoms with Crippen molar-refractivity contribution in [2.75, 3.05) is 11.9 Å². The van der Waals surface area contributed by atoms with E-state index >= 15 is 0 Å². The van der Waals surface area contributed by atoms with Crippen LogP contribution >= 0.6 is 0 Å². The summed E-state index contributed by atoms with van der Waals surface area (Å²) in [6.07, 6.45) is 5.44. The summed E-state index contributed by atoms with van der Waals surface area (Å²) < 4.78 is 23.9. The number of hydrogen-bond donors (Lipinski definition) is 2. The van der Waals surface area contributed by atoms with Crippen molar-refractivity contribution in [2.45, 2.75) is 69.8 Å². The molecule has 1 aromatic carbocycles. The van der Waals surface area contributed by atoms with Crippen molar-refractivity contribution in [2.24, 2.45) is 5.92 Å². The van der Waals surface area contributed by atoms with Crippen LogP contribution in [0.4, 0.5) is 5.69 Å². The molecule has 6 nitrogen and oxygen atoms in total. The summed E-state index contributed by atoms with van der Waals surface area (Å²) in [5.41, 5.74) is 1.20. The average molecular weight is 409 g/mol. The first-order valence-corrected chi connectivity index (χ1v) is 11.6. The van der Waals surface area contributed by atoms with Crippen LogP contribution in [0.5, 0.6) is 0 Å². The van der Waals surface area contributed by atoms with Crippen LogP contribution in [0, 0.1) is 5.92 Å². The van der Waals surface area contributed by atoms with Crippen LogP contribution in [0.25, 0.3) is 0 Å². The van der Waals surface area contributed by atoms with Crippen LogP contribution in [-0.2, 0) is 25.2 Å². The molecular weight excluding hydrogens is 376 g/mol. The number of sulfone groups is 1. The summed E-state index contributed by atoms with van der Waals surface area (Å²) >= 11 is 0. The minimum Gasteiger partial charge on any atom is -0.355 e. The Morgan fingerprint density at radius 3 is 2.43 bits per heavy atom. The van der Waals surface area contributed by atoms with E-state index in [0.29, 0.717) is 17.8 Å². The minimum atomic E-state index is -3.29. The highest BCUT2D eigenvalue weighted by atomic mass is 32.2. The van der Waals surface area contributed by atoms with Crippen molar-refractivity contribution in [1.82, 2.24) is 5.32 Å². The Morgan fingerprint density at radius 2 is 1.79 bits per heavy atom. The molecule has 1 aliphatic rings. The molecule has 0 atom stereocenters. The summed E-state index contributed by atoms with van der Waals surface area (Å²) in [6, 6.07) is 6.88. The Hall–Kier alpha value is -1.89. The number of benzene rings is 1. The van der Waals surface area contributed by atoms with Gasteiger partial charge in [-0.15, -0.1) is 0 Å². The summed E-state index contributed by atoms with van der Waals surface area (Å²) in [7, 11) is -3.29. The number of nitrogens with one attached hydrogen (secondary N) is 2. The van der Waals surface area contributed by atoms with Gasteiger partial charge in [-0.05, 0) is 51.3 Å². The van der Waals surface area contributed by atoms with Gasteiger partial charge in [0.2, 0.25) is 11.8 Å². The summed E-state index contributed by atoms with van der Waals surface area (Å²) in [5, 5.41) is 5.62. The van der Waals surface area contributed by atoms with Gasteiger partial charge in [-0.2, -0.15) is 0 Å². The summed E-state index contributed by atoms with van der Waals surface area (Å²) in [6.45, 7) is 5.33. The molecule has 0 aromatic heterocycles. The number of anilines is 1. The van der Waals surface area contributed by atoms with E-state index in [0.717, 1.165) is 25.7 Å². The zero-order chi connectivity index (χ0) is 20.8. The Kier molecular flexibility index (Phi) is 7.63. The van der Waals surface area contributed by atoms with Gasteiger partial charge < -0.3 is 10.6 Å². The lowest BCUT2D eigenvalue weighted by atomic mass is 9.89. The maximum atomic E-state index is 12.4. The zero-order valence-electron chi connectivity index (χ0n) is 17.1. The van der Waals surface area contributed by atoms with Gasteiger partial charge in [-0.1, -0.05) is 31.4 Å². The SMILES string of the molecule is CC(C)(C)S(=O)(=O)Cc1cccc(NC(=O)CCNC(=O)C2CCCCC2)c1. The minimum absolute atomic E-state index is 0.0434. The van der Waals surface area contributed by atoms with Gasteiger partial charge >= 0.3 is 0 Å². The fraction of sp³-hybridized carbons (Fsp3) is 0.619. The monoisotopic (exact) mass is 408 g/mol. The molecule has 0 unspecified atom stereocenters. The van der Waals surface area contributed by atoms with E-state index in [9.17, 15) is 18.0 Å². The normalized spacial score (nSPS) is 15.8. The third-order valence-corrected chi connectivity index (χ3v) is 7.71. The molecule has 0 radical (unpaired) electrons. The van der Waals surface area contributed by atoms with Crippen molar-refractivity contribution in [3.8, 4) is 0 Å². The van der Waals surface area contributed by atoms with E-state index in [2.05, 4.69) is 10.6 Å². The van der Waals surface area contributed by atoms with Crippen molar-refractivity contribution in [3.05, 3.63) is 29.8 Å². The zero-order valence-corrected chi connectivity index (χ0v) is 17.9. The summed E-state index contributed by atoms with van der Waals surface area (Å²) in [5.74, 6) is -0.155. The second-order valence-electron chi connectivity index (χ2n) is 8.50. The number of rotatable bonds is 7. The molecule has 1 aromatic rings. The van der Waals surface area contributed by atoms with Crippen LogP contribution in [0.2, 0.25) is 0 Å². The molecule has 2 N–H and O–H groups in total. The third kappa shape index (κ3) is 6.62. The van der Waals surface area contributed by atoms with Crippen molar-refractivity contribution in [3.63, 3.8) is 0 Å². The van der Waals surface area contributed by atoms with Crippen molar-refractivity contribution in [1.29, 1.82) is 0 Å². The van der Waals surface area contributed by atoms with E-state index < -0.39 is 14.6 Å². The Morgan fingerprint density at radius 1 is 1.11 bits per heavy atom. The largest absolute Gasteiger partial charge is 0.355 e. The lowest BCUT2D eigenvalue weighted by Crippen LogP contribution is -2.34. The lowest BCUT2D eigenvalue weighted by molar-refractivity contribution is -0.126. The Bertz CT molecular complexity index is 791. The molecule has 0 aliphatic heterocycles. The summed E-state index contributed by atoms with van der Waals surface area (Å²) in [4.78, 5) is 24.2. The maximum absolute atomic E-state index is 12.4. The van der Waals surface area contributed by atoms with Crippen LogP contribution < -0.4 is 10.6 Å². The first-order valence-electron chi connectivity index (χ1n) is 9.97. The molecule has 28 heavy (non-hydrogen) atoms. The molecular formula is C21H32N2O4S. The van der Waals surface area contributed by atoms with E-state index in [4.69, 9.17) is 0 Å². The van der Waals surface area contributed by atoms with Gasteiger partial charge in [0.25, 0.3) is 0 Å². The fourth-order valence-electron chi connectivity index (χ4n) is 3.21. The number of amides is 2. The first-order chi connectivity index (χ1) is 13.1. The standard InChI is InChI=1S/C21H32N2O4S/c1-21(2,3)28(26,27)15-16-8-7-11-18(14-16)23-19(24)12-13-22-20(25)17-9-5-4-6-10-17/h7-8,11,14,17H,4-6,9-10,12-13,15H2,1-3H3,(H,22,25)(H,23,24). The van der Waals surface area contributed by atoms with E-state index in [1.54, 1.807) is 45.0 Å². The lowest BCUT2D eigenvalue weighted by Gasteiger charge is -2.20. The Labute approximate surface area is 168 Å². The molecule has 2 rings (SSSR count). The smallest absolute Gasteiger partial charge is 0.226 e. The van der Waals surface area contributed by atoms with Gasteiger partial charge in [0, 0.05) is 24.6 Å². The quantitative estimate of drug-likeness (QED) is 0.723. The second-order valence-corrected chi connectivity index (χ2v) is 11.2. The van der Waals surface area contributed by atoms with E-state index in [1.165, 1.54) is 6.42 Å². The molecule has 1 aliphatic carbocycles. The van der Waals surface area contributed by atoms with Gasteiger partial charge in [0.15, 0.2) is 9.84 Å². The average Bonchev–Trinajstić information content (AvgIpc) is 2.61. The highest BCUT2D eigenvalue weighted by Gasteiger charge is 2.29. The predicted molar refractivity (Wildman–Crippen MR) is 112 cm³/mol. The highest BCUT2D eigenvalue weighted by Crippen LogP contribution is 2.24. The molecule has 0 spiro atoms. The molecule has 0 saturated heterocycles. The molecule has 2 amide bonds. The highest BCUT2D eigenvalue weighted by molar-refractivity contribution is 7.91. The predicted octanol–water partition coefficient (Wildman–Crippen LogP) is 3.43. The molecule has 1 fully saturated rings. The van der Waals surface area contributed by atoms with Gasteiger partial charge in [0.1, 0.15) is 0 Å². The molecule has 7 heteroatoms. The number of carbonyl (C=O) groups is 2. The molecule has 0 heterocycles. The second kappa shape index (κ2) is 9.54. The van der Waals surface area contributed by atoms with E-state index in [1.807, 2.05) is 0 Å². The molecule has 156 valence electrons. The van der Waals surface area contributed by atoms with Crippen LogP contribution in [0.3, 0.4) is 0 Å². The maximum Gasteiger partial charge on any atom is 0.226 e. The van der Waals surface area contributed by atoms with Crippen LogP contribution in [0.1, 0.15) is 64.9 Å². The Balaban J connectivity index is 1.83. The molecule has 0 bridgehead atoms. The van der Waals surface area contributed by atoms with Gasteiger partial charge in [-0.3, -0.25) is 9.59 Å². The van der Waals surface area contributed by atoms with Crippen molar-refractivity contribution < 1.29 is 18.0 Å². The first kappa shape index (κ1) is 22.4. The van der Waals surface area contributed by atoms with Gasteiger partial charge in [0.05, 0.1) is 10.5 Å². The van der Waals surface area contributed by atoms with E-state index in [-0.39, 0.29) is 29.9 Å². The van der Waals surface area contributed by atoms with Crippen LogP contribution in [0.15, 0.2) is 24.3 Å². The number of hydrogen-bond acceptors (Lipinski definition) is 4. The fourth-order valence-corrected chi connectivity index (χ4v) is 4.26. The van der Waals surface area contributed by atoms with Crippen molar-refractivity contribution >= 4 is 27.3 Å². The third-order valence-electron chi connectivity index (χ3n) is 5.13.